The molecule has 1 aromatic carbocycles. The third kappa shape index (κ3) is 7.85. The molecule has 0 saturated carbocycles. The molecule has 1 aliphatic rings. The van der Waals surface area contributed by atoms with Crippen molar-refractivity contribution in [3.8, 4) is 11.5 Å². The topological polar surface area (TPSA) is 99.3 Å². The van der Waals surface area contributed by atoms with Gasteiger partial charge in [0, 0.05) is 43.9 Å². The van der Waals surface area contributed by atoms with E-state index in [9.17, 15) is 40.3 Å². The van der Waals surface area contributed by atoms with Crippen molar-refractivity contribution in [3.05, 3.63) is 81.9 Å². The van der Waals surface area contributed by atoms with E-state index in [4.69, 9.17) is 4.74 Å². The lowest BCUT2D eigenvalue weighted by Gasteiger charge is -2.40. The Morgan fingerprint density at radius 1 is 1.21 bits per heavy atom. The van der Waals surface area contributed by atoms with Crippen molar-refractivity contribution in [2.45, 2.75) is 43.9 Å². The highest BCUT2D eigenvalue weighted by Gasteiger charge is 2.46. The number of likely N-dealkylation sites (tertiary alicyclic amines) is 1. The number of pyridine rings is 2. The van der Waals surface area contributed by atoms with Crippen LogP contribution in [0.3, 0.4) is 0 Å². The number of carbonyl (C=O) groups is 1. The van der Waals surface area contributed by atoms with Gasteiger partial charge in [-0.05, 0) is 42.8 Å². The van der Waals surface area contributed by atoms with Crippen molar-refractivity contribution in [1.29, 1.82) is 0 Å². The van der Waals surface area contributed by atoms with Gasteiger partial charge >= 0.3 is 6.18 Å². The maximum Gasteiger partial charge on any atom is 0.401 e. The molecule has 1 amide bonds. The normalized spacial score (nSPS) is 18.0. The number of amides is 1. The Hall–Kier alpha value is -3.98. The lowest BCUT2D eigenvalue weighted by Crippen LogP contribution is -2.52. The molecule has 2 unspecified atom stereocenters. The summed E-state index contributed by atoms with van der Waals surface area (Å²) in [6, 6.07) is 5.83. The average Bonchev–Trinajstić information content (AvgIpc) is 2.91. The number of hydrogen-bond donors (Lipinski definition) is 3. The van der Waals surface area contributed by atoms with E-state index < -0.39 is 66.7 Å². The van der Waals surface area contributed by atoms with E-state index >= 15 is 0 Å². The van der Waals surface area contributed by atoms with Crippen molar-refractivity contribution in [2.24, 2.45) is 0 Å². The first kappa shape index (κ1) is 31.0. The fourth-order valence-corrected chi connectivity index (χ4v) is 4.44. The quantitative estimate of drug-likeness (QED) is 0.301. The Morgan fingerprint density at radius 3 is 2.64 bits per heavy atom. The number of nitrogens with zero attached hydrogens (tertiary/aromatic N) is 2. The summed E-state index contributed by atoms with van der Waals surface area (Å²) < 4.78 is 99.5. The Bertz CT molecular complexity index is 1460. The van der Waals surface area contributed by atoms with Crippen molar-refractivity contribution in [3.63, 3.8) is 0 Å². The zero-order valence-corrected chi connectivity index (χ0v) is 22.1. The van der Waals surface area contributed by atoms with E-state index in [-0.39, 0.29) is 41.5 Å². The molecule has 2 aromatic heterocycles. The van der Waals surface area contributed by atoms with Crippen LogP contribution >= 0.6 is 0 Å². The largest absolute Gasteiger partial charge is 0.453 e. The highest BCUT2D eigenvalue weighted by molar-refractivity contribution is 5.93. The molecule has 2 atom stereocenters. The number of ether oxygens (including phenoxy) is 1. The highest BCUT2D eigenvalue weighted by Crippen LogP contribution is 2.40. The second-order valence-corrected chi connectivity index (χ2v) is 9.79. The van der Waals surface area contributed by atoms with E-state index in [1.54, 1.807) is 0 Å². The summed E-state index contributed by atoms with van der Waals surface area (Å²) in [6.45, 7) is -0.700. The second-order valence-electron chi connectivity index (χ2n) is 9.79. The first-order valence-corrected chi connectivity index (χ1v) is 12.7. The van der Waals surface area contributed by atoms with Crippen LogP contribution in [0.1, 0.15) is 30.4 Å². The van der Waals surface area contributed by atoms with Gasteiger partial charge in [-0.15, -0.1) is 0 Å². The average molecular weight is 602 g/mol. The van der Waals surface area contributed by atoms with Gasteiger partial charge in [0.2, 0.25) is 5.91 Å². The van der Waals surface area contributed by atoms with E-state index in [2.05, 4.69) is 20.6 Å². The predicted octanol–water partition coefficient (Wildman–Crippen LogP) is 4.94. The monoisotopic (exact) mass is 601 g/mol. The molecule has 1 saturated heterocycles. The fraction of sp³-hybridized carbons (Fsp3) is 0.370. The number of hydrogen-bond acceptors (Lipinski definition) is 6. The number of benzene rings is 1. The van der Waals surface area contributed by atoms with Crippen LogP contribution in [0.2, 0.25) is 0 Å². The van der Waals surface area contributed by atoms with Crippen molar-refractivity contribution in [2.75, 3.05) is 25.0 Å². The molecule has 42 heavy (non-hydrogen) atoms. The van der Waals surface area contributed by atoms with Gasteiger partial charge in [-0.2, -0.15) is 13.2 Å². The minimum atomic E-state index is -4.51. The minimum absolute atomic E-state index is 0.0237. The van der Waals surface area contributed by atoms with Crippen molar-refractivity contribution in [1.82, 2.24) is 20.2 Å². The van der Waals surface area contributed by atoms with Crippen LogP contribution in [0.15, 0.2) is 53.6 Å². The number of piperidine rings is 1. The van der Waals surface area contributed by atoms with Gasteiger partial charge < -0.3 is 20.4 Å². The van der Waals surface area contributed by atoms with Crippen LogP contribution < -0.4 is 20.9 Å². The number of carbonyl (C=O) groups excluding carboxylic acids is 1. The fourth-order valence-electron chi connectivity index (χ4n) is 4.44. The molecular weight excluding hydrogens is 575 g/mol. The van der Waals surface area contributed by atoms with Crippen molar-refractivity contribution >= 4 is 11.7 Å². The number of halogens is 7. The first-order chi connectivity index (χ1) is 19.7. The van der Waals surface area contributed by atoms with Crippen molar-refractivity contribution < 1.29 is 40.3 Å². The number of H-pyrrole nitrogens is 1. The van der Waals surface area contributed by atoms with Crippen LogP contribution in [0.4, 0.5) is 36.6 Å². The molecule has 0 bridgehead atoms. The number of alkyl halides is 5. The third-order valence-corrected chi connectivity index (χ3v) is 6.74. The number of aromatic nitrogens is 2. The minimum Gasteiger partial charge on any atom is -0.453 e. The Labute approximate surface area is 234 Å². The van der Waals surface area contributed by atoms with Gasteiger partial charge in [-0.25, -0.2) is 22.5 Å². The van der Waals surface area contributed by atoms with Crippen LogP contribution in [-0.4, -0.2) is 58.5 Å². The zero-order chi connectivity index (χ0) is 30.7. The third-order valence-electron chi connectivity index (χ3n) is 6.74. The Balaban J connectivity index is 1.40. The number of nitrogens with one attached hydrogen (secondary N) is 3. The van der Waals surface area contributed by atoms with Gasteiger partial charge in [0.05, 0.1) is 24.7 Å². The van der Waals surface area contributed by atoms with Gasteiger partial charge in [-0.1, -0.05) is 0 Å². The Morgan fingerprint density at radius 2 is 1.98 bits per heavy atom. The highest BCUT2D eigenvalue weighted by atomic mass is 19.4. The van der Waals surface area contributed by atoms with Gasteiger partial charge in [0.1, 0.15) is 17.4 Å². The maximum atomic E-state index is 15.0. The molecule has 1 aliphatic heterocycles. The molecule has 3 N–H and O–H groups in total. The SMILES string of the molecule is CC(C(=O)Nc1ccc(Oc2ccc(F)cc2F)cn1)N1CCC(F)(F)C(c2c[nH]c(=O)c(CNCC(F)(F)F)c2)C1. The van der Waals surface area contributed by atoms with Crippen LogP contribution in [0.25, 0.3) is 0 Å². The molecule has 1 fully saturated rings. The summed E-state index contributed by atoms with van der Waals surface area (Å²) in [4.78, 5) is 32.9. The standard InChI is InChI=1S/C27H26F7N5O3/c1-15(24(40)38-23-5-3-19(12-36-23)42-22-4-2-18(28)9-21(22)29)39-7-6-26(30,31)20(13-39)16-8-17(25(41)37-11-16)10-35-14-27(32,33)34/h2-5,8-9,11-12,15,20,35H,6-7,10,13-14H2,1H3,(H,37,41)(H,36,38,40). The van der Waals surface area contributed by atoms with E-state index in [0.717, 1.165) is 24.4 Å². The lowest BCUT2D eigenvalue weighted by molar-refractivity contribution is -0.126. The first-order valence-electron chi connectivity index (χ1n) is 12.7. The summed E-state index contributed by atoms with van der Waals surface area (Å²) in [5.74, 6) is -6.90. The lowest BCUT2D eigenvalue weighted by atomic mass is 9.86. The molecular formula is C27H26F7N5O3. The number of aromatic amines is 1. The number of rotatable bonds is 9. The van der Waals surface area contributed by atoms with Gasteiger partial charge in [-0.3, -0.25) is 14.5 Å². The molecule has 0 radical (unpaired) electrons. The van der Waals surface area contributed by atoms with E-state index in [1.165, 1.54) is 30.2 Å². The summed E-state index contributed by atoms with van der Waals surface area (Å²) in [5.41, 5.74) is -0.810. The van der Waals surface area contributed by atoms with Gasteiger partial charge in [0.15, 0.2) is 11.6 Å². The molecule has 3 heterocycles. The summed E-state index contributed by atoms with van der Waals surface area (Å²) >= 11 is 0. The molecule has 3 aromatic rings. The molecule has 0 spiro atoms. The van der Waals surface area contributed by atoms with Gasteiger partial charge in [0.25, 0.3) is 11.5 Å². The predicted molar refractivity (Wildman–Crippen MR) is 137 cm³/mol. The summed E-state index contributed by atoms with van der Waals surface area (Å²) in [6.07, 6.45) is -2.79. The van der Waals surface area contributed by atoms with E-state index in [0.29, 0.717) is 6.07 Å². The maximum absolute atomic E-state index is 15.0. The number of anilines is 1. The molecule has 8 nitrogen and oxygen atoms in total. The van der Waals surface area contributed by atoms with E-state index in [1.807, 2.05) is 0 Å². The second kappa shape index (κ2) is 12.5. The Kier molecular flexibility index (Phi) is 9.21. The molecule has 15 heteroatoms. The van der Waals surface area contributed by atoms with Crippen LogP contribution in [0, 0.1) is 11.6 Å². The molecule has 226 valence electrons. The smallest absolute Gasteiger partial charge is 0.401 e. The zero-order valence-electron chi connectivity index (χ0n) is 22.1. The summed E-state index contributed by atoms with van der Waals surface area (Å²) in [5, 5.41) is 4.65. The van der Waals surface area contributed by atoms with Crippen LogP contribution in [0.5, 0.6) is 11.5 Å². The summed E-state index contributed by atoms with van der Waals surface area (Å²) in [7, 11) is 0. The van der Waals surface area contributed by atoms with Crippen LogP contribution in [-0.2, 0) is 11.3 Å². The molecule has 0 aliphatic carbocycles. The molecule has 4 rings (SSSR count).